The van der Waals surface area contributed by atoms with Gasteiger partial charge in [0.05, 0.1) is 13.1 Å². The number of rotatable bonds is 7. The fourth-order valence-corrected chi connectivity index (χ4v) is 3.37. The van der Waals surface area contributed by atoms with E-state index in [1.807, 2.05) is 6.07 Å². The van der Waals surface area contributed by atoms with Gasteiger partial charge >= 0.3 is 0 Å². The smallest absolute Gasteiger partial charge is 0.225 e. The average Bonchev–Trinajstić information content (AvgIpc) is 3.13. The molecule has 1 aliphatic heterocycles. The standard InChI is InChI=1S/C20H32N8.HI/c1-4-21-19(26(3)17-18-7-5-11-25(18)2)24-10-12-27-13-15-28(16-14-27)20-22-8-6-9-23-20;/h5-9,11H,4,10,12-17H2,1-3H3,(H,21,24);1H. The van der Waals surface area contributed by atoms with E-state index in [1.165, 1.54) is 5.69 Å². The molecule has 0 spiro atoms. The molecule has 0 aromatic carbocycles. The van der Waals surface area contributed by atoms with E-state index in [1.54, 1.807) is 12.4 Å². The zero-order chi connectivity index (χ0) is 19.8. The molecule has 1 saturated heterocycles. The van der Waals surface area contributed by atoms with Crippen LogP contribution in [0.25, 0.3) is 0 Å². The molecule has 0 aliphatic carbocycles. The lowest BCUT2D eigenvalue weighted by atomic mass is 10.3. The van der Waals surface area contributed by atoms with Crippen molar-refractivity contribution < 1.29 is 0 Å². The number of aryl methyl sites for hydroxylation is 1. The van der Waals surface area contributed by atoms with Crippen LogP contribution in [0.1, 0.15) is 12.6 Å². The summed E-state index contributed by atoms with van der Waals surface area (Å²) in [5.41, 5.74) is 1.27. The summed E-state index contributed by atoms with van der Waals surface area (Å²) in [7, 11) is 4.17. The van der Waals surface area contributed by atoms with Crippen molar-refractivity contribution in [3.05, 3.63) is 42.5 Å². The normalized spacial score (nSPS) is 15.1. The van der Waals surface area contributed by atoms with Gasteiger partial charge in [0.15, 0.2) is 5.96 Å². The Kier molecular flexibility index (Phi) is 9.65. The highest BCUT2D eigenvalue weighted by Crippen LogP contribution is 2.09. The highest BCUT2D eigenvalue weighted by atomic mass is 127. The van der Waals surface area contributed by atoms with Crippen LogP contribution in [0, 0.1) is 0 Å². The van der Waals surface area contributed by atoms with Crippen molar-refractivity contribution in [2.24, 2.45) is 12.0 Å². The quantitative estimate of drug-likeness (QED) is 0.346. The number of anilines is 1. The molecule has 0 unspecified atom stereocenters. The van der Waals surface area contributed by atoms with Gasteiger partial charge in [-0.1, -0.05) is 0 Å². The number of nitrogens with zero attached hydrogens (tertiary/aromatic N) is 7. The summed E-state index contributed by atoms with van der Waals surface area (Å²) < 4.78 is 2.15. The second-order valence-corrected chi connectivity index (χ2v) is 7.08. The van der Waals surface area contributed by atoms with Crippen LogP contribution in [-0.2, 0) is 13.6 Å². The number of guanidine groups is 1. The zero-order valence-corrected chi connectivity index (χ0v) is 20.0. The molecule has 1 N–H and O–H groups in total. The van der Waals surface area contributed by atoms with Crippen LogP contribution < -0.4 is 10.2 Å². The van der Waals surface area contributed by atoms with Crippen molar-refractivity contribution >= 4 is 35.9 Å². The van der Waals surface area contributed by atoms with Gasteiger partial charge in [0, 0.05) is 77.6 Å². The first kappa shape index (κ1) is 23.4. The van der Waals surface area contributed by atoms with E-state index < -0.39 is 0 Å². The van der Waals surface area contributed by atoms with Gasteiger partial charge in [-0.15, -0.1) is 24.0 Å². The summed E-state index contributed by atoms with van der Waals surface area (Å²) in [5, 5.41) is 3.40. The van der Waals surface area contributed by atoms with Gasteiger partial charge < -0.3 is 19.7 Å². The third-order valence-corrected chi connectivity index (χ3v) is 5.03. The van der Waals surface area contributed by atoms with Gasteiger partial charge in [0.1, 0.15) is 0 Å². The Morgan fingerprint density at radius 2 is 1.90 bits per heavy atom. The van der Waals surface area contributed by atoms with Crippen LogP contribution in [0.3, 0.4) is 0 Å². The molecule has 0 radical (unpaired) electrons. The first-order valence-electron chi connectivity index (χ1n) is 10.0. The largest absolute Gasteiger partial charge is 0.357 e. The van der Waals surface area contributed by atoms with Crippen LogP contribution in [0.15, 0.2) is 41.8 Å². The molecule has 8 nitrogen and oxygen atoms in total. The Morgan fingerprint density at radius 3 is 2.52 bits per heavy atom. The molecule has 1 fully saturated rings. The predicted molar refractivity (Wildman–Crippen MR) is 129 cm³/mol. The second kappa shape index (κ2) is 12.0. The van der Waals surface area contributed by atoms with Crippen molar-refractivity contribution in [1.82, 2.24) is 29.7 Å². The van der Waals surface area contributed by atoms with Crippen molar-refractivity contribution in [2.45, 2.75) is 13.5 Å². The van der Waals surface area contributed by atoms with Crippen molar-refractivity contribution in [2.75, 3.05) is 57.8 Å². The Bertz CT molecular complexity index is 740. The van der Waals surface area contributed by atoms with Crippen LogP contribution in [0.5, 0.6) is 0 Å². The Morgan fingerprint density at radius 1 is 1.17 bits per heavy atom. The topological polar surface area (TPSA) is 64.8 Å². The molecular weight excluding hydrogens is 479 g/mol. The number of aromatic nitrogens is 3. The van der Waals surface area contributed by atoms with Crippen LogP contribution in [0.2, 0.25) is 0 Å². The highest BCUT2D eigenvalue weighted by molar-refractivity contribution is 14.0. The molecule has 3 heterocycles. The Hall–Kier alpha value is -1.88. The van der Waals surface area contributed by atoms with Gasteiger partial charge in [-0.3, -0.25) is 9.89 Å². The number of piperazine rings is 1. The number of nitrogens with one attached hydrogen (secondary N) is 1. The van der Waals surface area contributed by atoms with Crippen molar-refractivity contribution in [1.29, 1.82) is 0 Å². The van der Waals surface area contributed by atoms with Gasteiger partial charge in [-0.2, -0.15) is 0 Å². The number of hydrogen-bond donors (Lipinski definition) is 1. The average molecular weight is 512 g/mol. The van der Waals surface area contributed by atoms with Gasteiger partial charge in [0.25, 0.3) is 0 Å². The first-order valence-corrected chi connectivity index (χ1v) is 10.0. The maximum atomic E-state index is 4.84. The summed E-state index contributed by atoms with van der Waals surface area (Å²) in [6.07, 6.45) is 5.68. The molecule has 3 rings (SSSR count). The monoisotopic (exact) mass is 512 g/mol. The summed E-state index contributed by atoms with van der Waals surface area (Å²) in [6.45, 7) is 9.53. The minimum Gasteiger partial charge on any atom is -0.357 e. The molecule has 2 aromatic rings. The highest BCUT2D eigenvalue weighted by Gasteiger charge is 2.18. The molecule has 29 heavy (non-hydrogen) atoms. The van der Waals surface area contributed by atoms with E-state index in [4.69, 9.17) is 4.99 Å². The van der Waals surface area contributed by atoms with Crippen molar-refractivity contribution in [3.8, 4) is 0 Å². The lowest BCUT2D eigenvalue weighted by Crippen LogP contribution is -2.48. The molecule has 0 saturated carbocycles. The molecular formula is C20H33IN8. The number of halogens is 1. The zero-order valence-electron chi connectivity index (χ0n) is 17.7. The van der Waals surface area contributed by atoms with Gasteiger partial charge in [-0.25, -0.2) is 9.97 Å². The summed E-state index contributed by atoms with van der Waals surface area (Å²) in [4.78, 5) is 20.4. The maximum Gasteiger partial charge on any atom is 0.225 e. The molecule has 0 atom stereocenters. The lowest BCUT2D eigenvalue weighted by molar-refractivity contribution is 0.263. The van der Waals surface area contributed by atoms with Crippen LogP contribution >= 0.6 is 24.0 Å². The Labute approximate surface area is 191 Å². The molecule has 9 heteroatoms. The Balaban J connectivity index is 0.00000300. The minimum atomic E-state index is 0. The van der Waals surface area contributed by atoms with Crippen LogP contribution in [0.4, 0.5) is 5.95 Å². The first-order chi connectivity index (χ1) is 13.7. The minimum absolute atomic E-state index is 0. The maximum absolute atomic E-state index is 4.84. The molecule has 1 aliphatic rings. The summed E-state index contributed by atoms with van der Waals surface area (Å²) in [6, 6.07) is 6.08. The SMILES string of the molecule is CCNC(=NCCN1CCN(c2ncccn2)CC1)N(C)Cc1cccn1C.I. The van der Waals surface area contributed by atoms with Crippen molar-refractivity contribution in [3.63, 3.8) is 0 Å². The summed E-state index contributed by atoms with van der Waals surface area (Å²) >= 11 is 0. The molecule has 0 bridgehead atoms. The fourth-order valence-electron chi connectivity index (χ4n) is 3.37. The lowest BCUT2D eigenvalue weighted by Gasteiger charge is -2.34. The van der Waals surface area contributed by atoms with Crippen LogP contribution in [-0.4, -0.2) is 83.2 Å². The van der Waals surface area contributed by atoms with Gasteiger partial charge in [-0.05, 0) is 25.1 Å². The molecule has 160 valence electrons. The molecule has 2 aromatic heterocycles. The summed E-state index contributed by atoms with van der Waals surface area (Å²) in [5.74, 6) is 1.79. The fraction of sp³-hybridized carbons (Fsp3) is 0.550. The van der Waals surface area contributed by atoms with E-state index in [-0.39, 0.29) is 24.0 Å². The number of hydrogen-bond acceptors (Lipinski definition) is 5. The second-order valence-electron chi connectivity index (χ2n) is 7.08. The van der Waals surface area contributed by atoms with E-state index in [2.05, 4.69) is 73.9 Å². The third kappa shape index (κ3) is 6.84. The van der Waals surface area contributed by atoms with E-state index >= 15 is 0 Å². The number of aliphatic imine (C=N–C) groups is 1. The van der Waals surface area contributed by atoms with E-state index in [9.17, 15) is 0 Å². The predicted octanol–water partition coefficient (Wildman–Crippen LogP) is 1.65. The van der Waals surface area contributed by atoms with Gasteiger partial charge in [0.2, 0.25) is 5.95 Å². The molecule has 0 amide bonds. The van der Waals surface area contributed by atoms with E-state index in [0.29, 0.717) is 0 Å². The van der Waals surface area contributed by atoms with E-state index in [0.717, 1.165) is 64.3 Å². The third-order valence-electron chi connectivity index (χ3n) is 5.03.